The van der Waals surface area contributed by atoms with E-state index in [2.05, 4.69) is 23.6 Å². The molecular weight excluding hydrogens is 240 g/mol. The zero-order valence-corrected chi connectivity index (χ0v) is 12.2. The lowest BCUT2D eigenvalue weighted by atomic mass is 10.0. The number of aryl methyl sites for hydroxylation is 1. The Hall–Kier alpha value is -1.71. The Bertz CT molecular complexity index is 419. The van der Waals surface area contributed by atoms with Crippen molar-refractivity contribution >= 4 is 6.03 Å². The maximum Gasteiger partial charge on any atom is 0.315 e. The molecule has 0 spiro atoms. The van der Waals surface area contributed by atoms with Crippen molar-refractivity contribution < 1.29 is 9.53 Å². The normalized spacial score (nSPS) is 11.8. The van der Waals surface area contributed by atoms with Crippen molar-refractivity contribution in [3.63, 3.8) is 0 Å². The van der Waals surface area contributed by atoms with Gasteiger partial charge in [-0.05, 0) is 37.0 Å². The molecular formula is C15H24N2O2. The summed E-state index contributed by atoms with van der Waals surface area (Å²) in [5.41, 5.74) is 2.18. The van der Waals surface area contributed by atoms with Gasteiger partial charge < -0.3 is 15.4 Å². The largest absolute Gasteiger partial charge is 0.496 e. The zero-order chi connectivity index (χ0) is 14.3. The van der Waals surface area contributed by atoms with E-state index in [1.807, 2.05) is 26.0 Å². The second-order valence-electron chi connectivity index (χ2n) is 4.59. The van der Waals surface area contributed by atoms with E-state index >= 15 is 0 Å². The van der Waals surface area contributed by atoms with Gasteiger partial charge in [-0.15, -0.1) is 0 Å². The molecule has 0 saturated carbocycles. The minimum Gasteiger partial charge on any atom is -0.496 e. The average Bonchev–Trinajstić information content (AvgIpc) is 2.42. The number of hydrogen-bond donors (Lipinski definition) is 2. The molecule has 0 aromatic heterocycles. The molecule has 1 unspecified atom stereocenters. The van der Waals surface area contributed by atoms with Crippen LogP contribution >= 0.6 is 0 Å². The molecule has 4 nitrogen and oxygen atoms in total. The van der Waals surface area contributed by atoms with Crippen LogP contribution in [0.1, 0.15) is 43.9 Å². The van der Waals surface area contributed by atoms with Crippen molar-refractivity contribution in [2.75, 3.05) is 13.7 Å². The molecule has 1 rings (SSSR count). The topological polar surface area (TPSA) is 50.4 Å². The molecule has 0 aliphatic carbocycles. The number of carbonyl (C=O) groups excluding carboxylic acids is 1. The summed E-state index contributed by atoms with van der Waals surface area (Å²) in [7, 11) is 1.66. The van der Waals surface area contributed by atoms with Gasteiger partial charge in [0.15, 0.2) is 0 Å². The predicted octanol–water partition coefficient (Wildman–Crippen LogP) is 3.16. The highest BCUT2D eigenvalue weighted by Crippen LogP contribution is 2.24. The van der Waals surface area contributed by atoms with E-state index in [1.165, 1.54) is 0 Å². The summed E-state index contributed by atoms with van der Waals surface area (Å²) in [6, 6.07) is 5.93. The van der Waals surface area contributed by atoms with E-state index in [-0.39, 0.29) is 12.1 Å². The summed E-state index contributed by atoms with van der Waals surface area (Å²) < 4.78 is 5.25. The Morgan fingerprint density at radius 3 is 2.63 bits per heavy atom. The standard InChI is InChI=1S/C15H24N2O2/c1-5-9-16-15(18)17-13(6-2)12-7-8-14(19-4)11(3)10-12/h7-8,10,13H,5-6,9H2,1-4H3,(H2,16,17,18). The summed E-state index contributed by atoms with van der Waals surface area (Å²) in [5.74, 6) is 0.869. The average molecular weight is 264 g/mol. The monoisotopic (exact) mass is 264 g/mol. The van der Waals surface area contributed by atoms with Crippen molar-refractivity contribution in [1.82, 2.24) is 10.6 Å². The summed E-state index contributed by atoms with van der Waals surface area (Å²) in [5, 5.41) is 5.82. The van der Waals surface area contributed by atoms with Crippen molar-refractivity contribution in [3.8, 4) is 5.75 Å². The number of ether oxygens (including phenoxy) is 1. The van der Waals surface area contributed by atoms with Gasteiger partial charge in [-0.25, -0.2) is 4.79 Å². The van der Waals surface area contributed by atoms with Crippen LogP contribution in [0.3, 0.4) is 0 Å². The molecule has 0 aliphatic rings. The Kier molecular flexibility index (Phi) is 6.19. The summed E-state index contributed by atoms with van der Waals surface area (Å²) in [6.07, 6.45) is 1.79. The second-order valence-corrected chi connectivity index (χ2v) is 4.59. The van der Waals surface area contributed by atoms with Gasteiger partial charge in [-0.3, -0.25) is 0 Å². The van der Waals surface area contributed by atoms with Gasteiger partial charge in [-0.1, -0.05) is 26.0 Å². The molecule has 19 heavy (non-hydrogen) atoms. The van der Waals surface area contributed by atoms with Crippen LogP contribution in [0, 0.1) is 6.92 Å². The smallest absolute Gasteiger partial charge is 0.315 e. The number of hydrogen-bond acceptors (Lipinski definition) is 2. The van der Waals surface area contributed by atoms with Crippen LogP contribution in [0.25, 0.3) is 0 Å². The van der Waals surface area contributed by atoms with Crippen molar-refractivity contribution in [1.29, 1.82) is 0 Å². The van der Waals surface area contributed by atoms with Crippen molar-refractivity contribution in [3.05, 3.63) is 29.3 Å². The predicted molar refractivity (Wildman–Crippen MR) is 77.6 cm³/mol. The number of methoxy groups -OCH3 is 1. The van der Waals surface area contributed by atoms with E-state index in [9.17, 15) is 4.79 Å². The third kappa shape index (κ3) is 4.47. The molecule has 1 aromatic carbocycles. The fourth-order valence-corrected chi connectivity index (χ4v) is 1.99. The van der Waals surface area contributed by atoms with E-state index in [0.717, 1.165) is 29.7 Å². The van der Waals surface area contributed by atoms with Crippen LogP contribution in [0.2, 0.25) is 0 Å². The highest BCUT2D eigenvalue weighted by Gasteiger charge is 2.13. The molecule has 2 N–H and O–H groups in total. The lowest BCUT2D eigenvalue weighted by molar-refractivity contribution is 0.236. The Labute approximate surface area is 115 Å². The van der Waals surface area contributed by atoms with Crippen LogP contribution in [-0.4, -0.2) is 19.7 Å². The van der Waals surface area contributed by atoms with Gasteiger partial charge in [0.1, 0.15) is 5.75 Å². The first-order valence-corrected chi connectivity index (χ1v) is 6.81. The number of rotatable bonds is 6. The van der Waals surface area contributed by atoms with Crippen LogP contribution in [0.15, 0.2) is 18.2 Å². The number of amides is 2. The highest BCUT2D eigenvalue weighted by molar-refractivity contribution is 5.74. The van der Waals surface area contributed by atoms with Crippen LogP contribution < -0.4 is 15.4 Å². The zero-order valence-electron chi connectivity index (χ0n) is 12.2. The highest BCUT2D eigenvalue weighted by atomic mass is 16.5. The van der Waals surface area contributed by atoms with Gasteiger partial charge in [0.25, 0.3) is 0 Å². The lowest BCUT2D eigenvalue weighted by Gasteiger charge is -2.19. The number of carbonyl (C=O) groups is 1. The fraction of sp³-hybridized carbons (Fsp3) is 0.533. The molecule has 0 saturated heterocycles. The first-order valence-electron chi connectivity index (χ1n) is 6.81. The fourth-order valence-electron chi connectivity index (χ4n) is 1.99. The van der Waals surface area contributed by atoms with E-state index in [4.69, 9.17) is 4.74 Å². The van der Waals surface area contributed by atoms with Crippen LogP contribution in [-0.2, 0) is 0 Å². The minimum atomic E-state index is -0.109. The van der Waals surface area contributed by atoms with Gasteiger partial charge in [-0.2, -0.15) is 0 Å². The molecule has 1 aromatic rings. The third-order valence-electron chi connectivity index (χ3n) is 3.07. The molecule has 0 fully saturated rings. The maximum absolute atomic E-state index is 11.7. The maximum atomic E-state index is 11.7. The van der Waals surface area contributed by atoms with Gasteiger partial charge in [0.05, 0.1) is 13.2 Å². The molecule has 0 aliphatic heterocycles. The van der Waals surface area contributed by atoms with E-state index in [1.54, 1.807) is 7.11 Å². The first-order chi connectivity index (χ1) is 9.12. The Morgan fingerprint density at radius 1 is 1.37 bits per heavy atom. The van der Waals surface area contributed by atoms with Gasteiger partial charge in [0, 0.05) is 6.54 Å². The molecule has 2 amide bonds. The van der Waals surface area contributed by atoms with Crippen LogP contribution in [0.5, 0.6) is 5.75 Å². The van der Waals surface area contributed by atoms with E-state index < -0.39 is 0 Å². The number of nitrogens with one attached hydrogen (secondary N) is 2. The van der Waals surface area contributed by atoms with Gasteiger partial charge in [0.2, 0.25) is 0 Å². The minimum absolute atomic E-state index is 0.0291. The third-order valence-corrected chi connectivity index (χ3v) is 3.07. The Morgan fingerprint density at radius 2 is 2.11 bits per heavy atom. The second kappa shape index (κ2) is 7.67. The summed E-state index contributed by atoms with van der Waals surface area (Å²) >= 11 is 0. The van der Waals surface area contributed by atoms with Crippen molar-refractivity contribution in [2.24, 2.45) is 0 Å². The molecule has 0 bridgehead atoms. The molecule has 0 heterocycles. The molecule has 1 atom stereocenters. The quantitative estimate of drug-likeness (QED) is 0.829. The Balaban J connectivity index is 2.74. The van der Waals surface area contributed by atoms with E-state index in [0.29, 0.717) is 6.54 Å². The van der Waals surface area contributed by atoms with Crippen LogP contribution in [0.4, 0.5) is 4.79 Å². The van der Waals surface area contributed by atoms with Crippen molar-refractivity contribution in [2.45, 2.75) is 39.7 Å². The van der Waals surface area contributed by atoms with Gasteiger partial charge >= 0.3 is 6.03 Å². The molecule has 0 radical (unpaired) electrons. The first kappa shape index (κ1) is 15.3. The number of benzene rings is 1. The summed E-state index contributed by atoms with van der Waals surface area (Å²) in [4.78, 5) is 11.7. The number of urea groups is 1. The lowest BCUT2D eigenvalue weighted by Crippen LogP contribution is -2.38. The molecule has 106 valence electrons. The summed E-state index contributed by atoms with van der Waals surface area (Å²) in [6.45, 7) is 6.80. The SMILES string of the molecule is CCCNC(=O)NC(CC)c1ccc(OC)c(C)c1. The molecule has 4 heteroatoms.